The summed E-state index contributed by atoms with van der Waals surface area (Å²) in [4.78, 5) is 8.52. The van der Waals surface area contributed by atoms with Crippen molar-refractivity contribution < 1.29 is 0 Å². The Morgan fingerprint density at radius 3 is 2.94 bits per heavy atom. The van der Waals surface area contributed by atoms with Gasteiger partial charge in [0.1, 0.15) is 5.01 Å². The van der Waals surface area contributed by atoms with E-state index in [1.54, 1.807) is 22.7 Å². The van der Waals surface area contributed by atoms with E-state index in [2.05, 4.69) is 33.1 Å². The van der Waals surface area contributed by atoms with E-state index in [9.17, 15) is 0 Å². The van der Waals surface area contributed by atoms with Gasteiger partial charge in [-0.3, -0.25) is 0 Å². The predicted molar refractivity (Wildman–Crippen MR) is 78.4 cm³/mol. The van der Waals surface area contributed by atoms with E-state index in [0.717, 1.165) is 26.1 Å². The molecule has 1 fully saturated rings. The molecule has 0 aliphatic carbocycles. The van der Waals surface area contributed by atoms with Crippen LogP contribution < -0.4 is 5.32 Å². The smallest absolute Gasteiger partial charge is 0.133 e. The van der Waals surface area contributed by atoms with Gasteiger partial charge in [0.05, 0.1) is 10.6 Å². The molecule has 1 N–H and O–H groups in total. The number of hydrogen-bond donors (Lipinski definition) is 1. The molecular weight excluding hydrogens is 262 g/mol. The Balaban J connectivity index is 1.57. The van der Waals surface area contributed by atoms with Gasteiger partial charge in [0, 0.05) is 44.5 Å². The fraction of sp³-hybridized carbons (Fsp3) is 0.462. The normalized spacial score (nSPS) is 17.1. The molecule has 3 nitrogen and oxygen atoms in total. The first-order chi connectivity index (χ1) is 8.92. The monoisotopic (exact) mass is 279 g/mol. The standard InChI is InChI=1S/C13H17N3S2/c1-2-12(17-9-1)13-15-11(10-18-13)3-6-16-7-4-14-5-8-16/h1-2,9-10,14H,3-8H2. The molecule has 0 bridgehead atoms. The van der Waals surface area contributed by atoms with Gasteiger partial charge in [-0.05, 0) is 11.4 Å². The zero-order valence-corrected chi connectivity index (χ0v) is 11.9. The van der Waals surface area contributed by atoms with Crippen molar-refractivity contribution in [3.8, 4) is 9.88 Å². The molecule has 5 heteroatoms. The fourth-order valence-corrected chi connectivity index (χ4v) is 3.81. The highest BCUT2D eigenvalue weighted by molar-refractivity contribution is 7.20. The van der Waals surface area contributed by atoms with Crippen molar-refractivity contribution in [3.05, 3.63) is 28.6 Å². The summed E-state index contributed by atoms with van der Waals surface area (Å²) in [5.41, 5.74) is 1.24. The van der Waals surface area contributed by atoms with Gasteiger partial charge in [0.2, 0.25) is 0 Å². The lowest BCUT2D eigenvalue weighted by Gasteiger charge is -2.26. The zero-order chi connectivity index (χ0) is 12.2. The van der Waals surface area contributed by atoms with E-state index in [1.165, 1.54) is 28.7 Å². The number of aromatic nitrogens is 1. The topological polar surface area (TPSA) is 28.2 Å². The van der Waals surface area contributed by atoms with Crippen molar-refractivity contribution in [3.63, 3.8) is 0 Å². The minimum absolute atomic E-state index is 1.07. The SMILES string of the molecule is c1csc(-c2nc(CCN3CCNCC3)cs2)c1. The first kappa shape index (κ1) is 12.3. The molecule has 0 unspecified atom stereocenters. The largest absolute Gasteiger partial charge is 0.314 e. The van der Waals surface area contributed by atoms with Gasteiger partial charge in [-0.25, -0.2) is 4.98 Å². The van der Waals surface area contributed by atoms with Crippen LogP contribution >= 0.6 is 22.7 Å². The lowest BCUT2D eigenvalue weighted by atomic mass is 10.3. The van der Waals surface area contributed by atoms with Crippen LogP contribution in [0, 0.1) is 0 Å². The van der Waals surface area contributed by atoms with Crippen molar-refractivity contribution >= 4 is 22.7 Å². The molecule has 2 aromatic heterocycles. The van der Waals surface area contributed by atoms with Gasteiger partial charge >= 0.3 is 0 Å². The molecule has 0 radical (unpaired) electrons. The molecule has 0 amide bonds. The van der Waals surface area contributed by atoms with E-state index in [1.807, 2.05) is 0 Å². The van der Waals surface area contributed by atoms with E-state index < -0.39 is 0 Å². The lowest BCUT2D eigenvalue weighted by molar-refractivity contribution is 0.243. The number of hydrogen-bond acceptors (Lipinski definition) is 5. The Morgan fingerprint density at radius 2 is 2.17 bits per heavy atom. The third-order valence-corrected chi connectivity index (χ3v) is 5.11. The summed E-state index contributed by atoms with van der Waals surface area (Å²) in [6.45, 7) is 5.72. The molecule has 96 valence electrons. The number of nitrogens with zero attached hydrogens (tertiary/aromatic N) is 2. The maximum atomic E-state index is 4.72. The van der Waals surface area contributed by atoms with Gasteiger partial charge in [-0.2, -0.15) is 0 Å². The van der Waals surface area contributed by atoms with Crippen molar-refractivity contribution in [2.24, 2.45) is 0 Å². The van der Waals surface area contributed by atoms with Gasteiger partial charge < -0.3 is 10.2 Å². The second kappa shape index (κ2) is 5.93. The Labute approximate surface area is 115 Å². The van der Waals surface area contributed by atoms with Crippen LogP contribution in [0.1, 0.15) is 5.69 Å². The minimum atomic E-state index is 1.07. The molecule has 3 heterocycles. The third-order valence-electron chi connectivity index (χ3n) is 3.18. The zero-order valence-electron chi connectivity index (χ0n) is 10.3. The molecule has 18 heavy (non-hydrogen) atoms. The highest BCUT2D eigenvalue weighted by atomic mass is 32.1. The Kier molecular flexibility index (Phi) is 4.05. The van der Waals surface area contributed by atoms with Gasteiger partial charge in [0.25, 0.3) is 0 Å². The average molecular weight is 279 g/mol. The molecule has 0 saturated carbocycles. The molecule has 3 rings (SSSR count). The van der Waals surface area contributed by atoms with E-state index in [4.69, 9.17) is 4.98 Å². The Morgan fingerprint density at radius 1 is 1.28 bits per heavy atom. The van der Waals surface area contributed by atoms with Crippen LogP contribution in [-0.4, -0.2) is 42.6 Å². The Hall–Kier alpha value is -0.750. The number of rotatable bonds is 4. The summed E-state index contributed by atoms with van der Waals surface area (Å²) in [5, 5.41) is 8.86. The van der Waals surface area contributed by atoms with Gasteiger partial charge in [-0.15, -0.1) is 22.7 Å². The number of thiophene rings is 1. The maximum Gasteiger partial charge on any atom is 0.133 e. The summed E-state index contributed by atoms with van der Waals surface area (Å²) >= 11 is 3.53. The van der Waals surface area contributed by atoms with Crippen molar-refractivity contribution in [2.45, 2.75) is 6.42 Å². The van der Waals surface area contributed by atoms with Crippen LogP contribution in [0.25, 0.3) is 9.88 Å². The third kappa shape index (κ3) is 2.98. The Bertz CT molecular complexity index is 472. The maximum absolute atomic E-state index is 4.72. The summed E-state index contributed by atoms with van der Waals surface area (Å²) in [7, 11) is 0. The summed E-state index contributed by atoms with van der Waals surface area (Å²) in [5.74, 6) is 0. The van der Waals surface area contributed by atoms with E-state index in [0.29, 0.717) is 0 Å². The van der Waals surface area contributed by atoms with Crippen LogP contribution in [0.15, 0.2) is 22.9 Å². The highest BCUT2D eigenvalue weighted by Gasteiger charge is 2.11. The highest BCUT2D eigenvalue weighted by Crippen LogP contribution is 2.27. The van der Waals surface area contributed by atoms with Crippen molar-refractivity contribution in [2.75, 3.05) is 32.7 Å². The second-order valence-electron chi connectivity index (χ2n) is 4.46. The van der Waals surface area contributed by atoms with Gasteiger partial charge in [0.15, 0.2) is 0 Å². The molecule has 2 aromatic rings. The van der Waals surface area contributed by atoms with Crippen LogP contribution in [0.5, 0.6) is 0 Å². The molecule has 1 saturated heterocycles. The quantitative estimate of drug-likeness (QED) is 0.931. The average Bonchev–Trinajstić information content (AvgIpc) is 3.08. The summed E-state index contributed by atoms with van der Waals surface area (Å²) < 4.78 is 0. The van der Waals surface area contributed by atoms with E-state index >= 15 is 0 Å². The molecule has 0 aromatic carbocycles. The summed E-state index contributed by atoms with van der Waals surface area (Å²) in [6, 6.07) is 4.23. The lowest BCUT2D eigenvalue weighted by Crippen LogP contribution is -2.44. The first-order valence-electron chi connectivity index (χ1n) is 6.33. The number of piperazine rings is 1. The molecule has 0 atom stereocenters. The second-order valence-corrected chi connectivity index (χ2v) is 6.27. The summed E-state index contributed by atoms with van der Waals surface area (Å²) in [6.07, 6.45) is 1.07. The van der Waals surface area contributed by atoms with Crippen LogP contribution in [0.2, 0.25) is 0 Å². The fourth-order valence-electron chi connectivity index (χ4n) is 2.14. The molecule has 0 spiro atoms. The molecular formula is C13H17N3S2. The first-order valence-corrected chi connectivity index (χ1v) is 8.09. The van der Waals surface area contributed by atoms with Crippen LogP contribution in [-0.2, 0) is 6.42 Å². The van der Waals surface area contributed by atoms with Crippen LogP contribution in [0.3, 0.4) is 0 Å². The van der Waals surface area contributed by atoms with Crippen LogP contribution in [0.4, 0.5) is 0 Å². The van der Waals surface area contributed by atoms with Gasteiger partial charge in [-0.1, -0.05) is 6.07 Å². The molecule has 1 aliphatic rings. The van der Waals surface area contributed by atoms with E-state index in [-0.39, 0.29) is 0 Å². The number of nitrogens with one attached hydrogen (secondary N) is 1. The number of thiazole rings is 1. The molecule has 1 aliphatic heterocycles. The van der Waals surface area contributed by atoms with Crippen molar-refractivity contribution in [1.29, 1.82) is 0 Å². The predicted octanol–water partition coefficient (Wildman–Crippen LogP) is 2.32. The van der Waals surface area contributed by atoms with Crippen molar-refractivity contribution in [1.82, 2.24) is 15.2 Å². The minimum Gasteiger partial charge on any atom is -0.314 e.